The lowest BCUT2D eigenvalue weighted by Gasteiger charge is -2.26. The van der Waals surface area contributed by atoms with E-state index in [4.69, 9.17) is 14.2 Å². The molecule has 0 saturated heterocycles. The predicted molar refractivity (Wildman–Crippen MR) is 92.5 cm³/mol. The van der Waals surface area contributed by atoms with Crippen LogP contribution in [0.5, 0.6) is 17.2 Å². The molecule has 0 aliphatic carbocycles. The number of benzene rings is 2. The summed E-state index contributed by atoms with van der Waals surface area (Å²) < 4.78 is 16.2. The van der Waals surface area contributed by atoms with Crippen molar-refractivity contribution in [1.29, 1.82) is 0 Å². The normalized spacial score (nSPS) is 15.2. The van der Waals surface area contributed by atoms with Gasteiger partial charge in [0.05, 0.1) is 6.54 Å². The Morgan fingerprint density at radius 2 is 2.00 bits per heavy atom. The number of carbonyl (C=O) groups is 2. The third-order valence-corrected chi connectivity index (χ3v) is 3.80. The summed E-state index contributed by atoms with van der Waals surface area (Å²) in [4.78, 5) is 23.8. The minimum atomic E-state index is -0.757. The number of nitrogens with one attached hydrogen (secondary N) is 1. The number of hydrogen-bond acceptors (Lipinski definition) is 6. The number of aromatic hydroxyl groups is 1. The molecule has 7 nitrogen and oxygen atoms in total. The van der Waals surface area contributed by atoms with Gasteiger partial charge in [0, 0.05) is 0 Å². The van der Waals surface area contributed by atoms with Gasteiger partial charge in [-0.15, -0.1) is 0 Å². The second kappa shape index (κ2) is 7.77. The highest BCUT2D eigenvalue weighted by molar-refractivity contribution is 5.94. The fourth-order valence-electron chi connectivity index (χ4n) is 2.46. The van der Waals surface area contributed by atoms with E-state index in [0.29, 0.717) is 18.1 Å². The number of carbonyl (C=O) groups excluding carboxylic acids is 2. The Balaban J connectivity index is 1.45. The molecule has 1 heterocycles. The SMILES string of the molecule is Cc1ccc(O)c(C(=O)OCC(=O)NC[C@@H]2COc3ccccc3O2)c1. The molecule has 0 radical (unpaired) electrons. The summed E-state index contributed by atoms with van der Waals surface area (Å²) >= 11 is 0. The average molecular weight is 357 g/mol. The van der Waals surface area contributed by atoms with Crippen molar-refractivity contribution in [2.75, 3.05) is 19.8 Å². The highest BCUT2D eigenvalue weighted by atomic mass is 16.6. The van der Waals surface area contributed by atoms with Crippen molar-refractivity contribution in [3.05, 3.63) is 53.6 Å². The van der Waals surface area contributed by atoms with Crippen molar-refractivity contribution >= 4 is 11.9 Å². The number of hydrogen-bond donors (Lipinski definition) is 2. The molecule has 136 valence electrons. The number of ether oxygens (including phenoxy) is 3. The molecular formula is C19H19NO6. The Hall–Kier alpha value is -3.22. The van der Waals surface area contributed by atoms with Crippen LogP contribution in [0.15, 0.2) is 42.5 Å². The molecule has 0 bridgehead atoms. The Morgan fingerprint density at radius 1 is 1.23 bits per heavy atom. The van der Waals surface area contributed by atoms with Crippen molar-refractivity contribution < 1.29 is 28.9 Å². The number of aryl methyl sites for hydroxylation is 1. The highest BCUT2D eigenvalue weighted by Gasteiger charge is 2.21. The first kappa shape index (κ1) is 17.6. The quantitative estimate of drug-likeness (QED) is 0.793. The lowest BCUT2D eigenvalue weighted by molar-refractivity contribution is -0.124. The molecule has 3 rings (SSSR count). The molecule has 26 heavy (non-hydrogen) atoms. The fourth-order valence-corrected chi connectivity index (χ4v) is 2.46. The molecule has 1 aliphatic rings. The molecule has 0 fully saturated rings. The Labute approximate surface area is 150 Å². The minimum absolute atomic E-state index is 0.0263. The van der Waals surface area contributed by atoms with Gasteiger partial charge in [0.2, 0.25) is 0 Å². The van der Waals surface area contributed by atoms with E-state index in [9.17, 15) is 14.7 Å². The largest absolute Gasteiger partial charge is 0.507 e. The summed E-state index contributed by atoms with van der Waals surface area (Å²) in [6.45, 7) is 1.87. The van der Waals surface area contributed by atoms with E-state index in [0.717, 1.165) is 5.56 Å². The summed E-state index contributed by atoms with van der Waals surface area (Å²) in [6.07, 6.45) is -0.328. The molecule has 0 spiro atoms. The number of amides is 1. The molecule has 2 aromatic rings. The van der Waals surface area contributed by atoms with Gasteiger partial charge < -0.3 is 24.6 Å². The van der Waals surface area contributed by atoms with E-state index >= 15 is 0 Å². The van der Waals surface area contributed by atoms with E-state index in [2.05, 4.69) is 5.32 Å². The Bertz CT molecular complexity index is 819. The zero-order chi connectivity index (χ0) is 18.5. The molecular weight excluding hydrogens is 338 g/mol. The van der Waals surface area contributed by atoms with E-state index in [1.54, 1.807) is 19.1 Å². The first-order chi connectivity index (χ1) is 12.5. The molecule has 1 amide bonds. The van der Waals surface area contributed by atoms with Crippen LogP contribution in [0.3, 0.4) is 0 Å². The van der Waals surface area contributed by atoms with Crippen LogP contribution in [0.2, 0.25) is 0 Å². The van der Waals surface area contributed by atoms with E-state index < -0.39 is 18.5 Å². The Kier molecular flexibility index (Phi) is 5.26. The van der Waals surface area contributed by atoms with Crippen LogP contribution in [-0.2, 0) is 9.53 Å². The maximum Gasteiger partial charge on any atom is 0.342 e. The van der Waals surface area contributed by atoms with Gasteiger partial charge in [0.15, 0.2) is 18.1 Å². The van der Waals surface area contributed by atoms with Gasteiger partial charge in [0.1, 0.15) is 24.0 Å². The molecule has 0 saturated carbocycles. The summed E-state index contributed by atoms with van der Waals surface area (Å²) in [5.74, 6) is -0.116. The van der Waals surface area contributed by atoms with Crippen molar-refractivity contribution in [3.63, 3.8) is 0 Å². The summed E-state index contributed by atoms with van der Waals surface area (Å²) in [6, 6.07) is 11.9. The topological polar surface area (TPSA) is 94.1 Å². The maximum atomic E-state index is 12.0. The zero-order valence-corrected chi connectivity index (χ0v) is 14.2. The third kappa shape index (κ3) is 4.24. The number of fused-ring (bicyclic) bond motifs is 1. The predicted octanol–water partition coefficient (Wildman–Crippen LogP) is 1.81. The summed E-state index contributed by atoms with van der Waals surface area (Å²) in [5, 5.41) is 12.3. The van der Waals surface area contributed by atoms with Gasteiger partial charge in [-0.25, -0.2) is 4.79 Å². The van der Waals surface area contributed by atoms with Gasteiger partial charge in [0.25, 0.3) is 5.91 Å². The van der Waals surface area contributed by atoms with Gasteiger partial charge >= 0.3 is 5.97 Å². The maximum absolute atomic E-state index is 12.0. The van der Waals surface area contributed by atoms with Crippen LogP contribution in [0.1, 0.15) is 15.9 Å². The van der Waals surface area contributed by atoms with Crippen LogP contribution in [0, 0.1) is 6.92 Å². The van der Waals surface area contributed by atoms with Crippen molar-refractivity contribution in [2.24, 2.45) is 0 Å². The number of phenolic OH excluding ortho intramolecular Hbond substituents is 1. The number of esters is 1. The summed E-state index contributed by atoms with van der Waals surface area (Å²) in [7, 11) is 0. The van der Waals surface area contributed by atoms with Gasteiger partial charge in [-0.05, 0) is 31.2 Å². The first-order valence-electron chi connectivity index (χ1n) is 8.15. The van der Waals surface area contributed by atoms with E-state index in [1.807, 2.05) is 18.2 Å². The Morgan fingerprint density at radius 3 is 2.81 bits per heavy atom. The minimum Gasteiger partial charge on any atom is -0.507 e. The second-order valence-corrected chi connectivity index (χ2v) is 5.90. The standard InChI is InChI=1S/C19H19NO6/c1-12-6-7-15(21)14(8-12)19(23)25-11-18(22)20-9-13-10-24-16-4-2-3-5-17(16)26-13/h2-8,13,21H,9-11H2,1H3,(H,20,22)/t13-/m1/s1. The molecule has 0 unspecified atom stereocenters. The molecule has 2 N–H and O–H groups in total. The van der Waals surface area contributed by atoms with Gasteiger partial charge in [-0.2, -0.15) is 0 Å². The van der Waals surface area contributed by atoms with Crippen LogP contribution in [0.4, 0.5) is 0 Å². The van der Waals surface area contributed by atoms with E-state index in [1.165, 1.54) is 12.1 Å². The van der Waals surface area contributed by atoms with Crippen molar-refractivity contribution in [1.82, 2.24) is 5.32 Å². The number of rotatable bonds is 5. The molecule has 1 atom stereocenters. The smallest absolute Gasteiger partial charge is 0.342 e. The van der Waals surface area contributed by atoms with Crippen molar-refractivity contribution in [2.45, 2.75) is 13.0 Å². The highest BCUT2D eigenvalue weighted by Crippen LogP contribution is 2.30. The summed E-state index contributed by atoms with van der Waals surface area (Å²) in [5.41, 5.74) is 0.826. The monoisotopic (exact) mass is 357 g/mol. The van der Waals surface area contributed by atoms with Crippen LogP contribution in [-0.4, -0.2) is 42.8 Å². The molecule has 0 aromatic heterocycles. The molecule has 7 heteroatoms. The lowest BCUT2D eigenvalue weighted by Crippen LogP contribution is -2.42. The fraction of sp³-hybridized carbons (Fsp3) is 0.263. The van der Waals surface area contributed by atoms with Crippen LogP contribution >= 0.6 is 0 Å². The number of para-hydroxylation sites is 2. The van der Waals surface area contributed by atoms with Gasteiger partial charge in [-0.1, -0.05) is 23.8 Å². The van der Waals surface area contributed by atoms with E-state index in [-0.39, 0.29) is 24.0 Å². The molecule has 1 aliphatic heterocycles. The van der Waals surface area contributed by atoms with Gasteiger partial charge in [-0.3, -0.25) is 4.79 Å². The second-order valence-electron chi connectivity index (χ2n) is 5.90. The van der Waals surface area contributed by atoms with Crippen molar-refractivity contribution in [3.8, 4) is 17.2 Å². The average Bonchev–Trinajstić information content (AvgIpc) is 2.66. The van der Waals surface area contributed by atoms with Crippen LogP contribution < -0.4 is 14.8 Å². The molecule has 2 aromatic carbocycles. The zero-order valence-electron chi connectivity index (χ0n) is 14.2. The first-order valence-corrected chi connectivity index (χ1v) is 8.15. The lowest BCUT2D eigenvalue weighted by atomic mass is 10.1. The third-order valence-electron chi connectivity index (χ3n) is 3.80. The number of phenols is 1. The van der Waals surface area contributed by atoms with Crippen LogP contribution in [0.25, 0.3) is 0 Å².